The number of benzene rings is 2. The second-order valence-electron chi connectivity index (χ2n) is 5.03. The number of hydrogen-bond donors (Lipinski definition) is 1. The Morgan fingerprint density at radius 1 is 1.14 bits per heavy atom. The second kappa shape index (κ2) is 6.69. The molecule has 0 aliphatic carbocycles. The Kier molecular flexibility index (Phi) is 5.11. The smallest absolute Gasteiger partial charge is 0.241 e. The SMILES string of the molecule is COc1ccc(S(=O)(=O)N[C@H](C)c2ccc(Cl)cc2)cc1C. The molecule has 0 amide bonds. The molecule has 1 atom stereocenters. The predicted molar refractivity (Wildman–Crippen MR) is 87.9 cm³/mol. The van der Waals surface area contributed by atoms with Crippen molar-refractivity contribution < 1.29 is 13.2 Å². The van der Waals surface area contributed by atoms with Crippen molar-refractivity contribution in [3.05, 3.63) is 58.6 Å². The van der Waals surface area contributed by atoms with Gasteiger partial charge in [-0.05, 0) is 55.3 Å². The molecule has 0 radical (unpaired) electrons. The van der Waals surface area contributed by atoms with Gasteiger partial charge >= 0.3 is 0 Å². The normalized spacial score (nSPS) is 12.9. The van der Waals surface area contributed by atoms with Crippen molar-refractivity contribution in [2.75, 3.05) is 7.11 Å². The molecule has 22 heavy (non-hydrogen) atoms. The molecule has 2 rings (SSSR count). The van der Waals surface area contributed by atoms with E-state index in [1.54, 1.807) is 57.4 Å². The van der Waals surface area contributed by atoms with E-state index in [-0.39, 0.29) is 10.9 Å². The van der Waals surface area contributed by atoms with Gasteiger partial charge in [-0.15, -0.1) is 0 Å². The Hall–Kier alpha value is -1.56. The van der Waals surface area contributed by atoms with Gasteiger partial charge in [-0.2, -0.15) is 0 Å². The summed E-state index contributed by atoms with van der Waals surface area (Å²) in [6.45, 7) is 3.59. The lowest BCUT2D eigenvalue weighted by Gasteiger charge is -2.15. The lowest BCUT2D eigenvalue weighted by atomic mass is 10.1. The molecular weight excluding hydrogens is 322 g/mol. The van der Waals surface area contributed by atoms with Crippen molar-refractivity contribution in [2.24, 2.45) is 0 Å². The summed E-state index contributed by atoms with van der Waals surface area (Å²) in [7, 11) is -2.05. The fourth-order valence-electron chi connectivity index (χ4n) is 2.14. The molecule has 2 aromatic rings. The molecule has 0 bridgehead atoms. The summed E-state index contributed by atoms with van der Waals surface area (Å²) < 4.78 is 32.7. The summed E-state index contributed by atoms with van der Waals surface area (Å²) in [5.74, 6) is 0.657. The van der Waals surface area contributed by atoms with Crippen LogP contribution in [0.1, 0.15) is 24.1 Å². The molecule has 2 aromatic carbocycles. The van der Waals surface area contributed by atoms with Crippen LogP contribution in [0.15, 0.2) is 47.4 Å². The lowest BCUT2D eigenvalue weighted by Crippen LogP contribution is -2.26. The summed E-state index contributed by atoms with van der Waals surface area (Å²) in [5.41, 5.74) is 1.61. The molecule has 0 spiro atoms. The Balaban J connectivity index is 2.23. The minimum absolute atomic E-state index is 0.214. The molecule has 4 nitrogen and oxygen atoms in total. The maximum atomic E-state index is 12.5. The fourth-order valence-corrected chi connectivity index (χ4v) is 3.58. The van der Waals surface area contributed by atoms with Crippen molar-refractivity contribution in [3.63, 3.8) is 0 Å². The molecule has 1 N–H and O–H groups in total. The Morgan fingerprint density at radius 3 is 2.32 bits per heavy atom. The van der Waals surface area contributed by atoms with E-state index in [9.17, 15) is 8.42 Å². The van der Waals surface area contributed by atoms with Crippen LogP contribution in [-0.2, 0) is 10.0 Å². The minimum atomic E-state index is -3.60. The van der Waals surface area contributed by atoms with E-state index in [1.165, 1.54) is 6.07 Å². The average Bonchev–Trinajstić information content (AvgIpc) is 2.47. The largest absolute Gasteiger partial charge is 0.496 e. The molecular formula is C16H18ClNO3S. The van der Waals surface area contributed by atoms with Crippen molar-refractivity contribution >= 4 is 21.6 Å². The van der Waals surface area contributed by atoms with Crippen molar-refractivity contribution in [1.82, 2.24) is 4.72 Å². The summed E-state index contributed by atoms with van der Waals surface area (Å²) in [4.78, 5) is 0.214. The van der Waals surface area contributed by atoms with Gasteiger partial charge < -0.3 is 4.74 Å². The molecule has 0 fully saturated rings. The van der Waals surface area contributed by atoms with E-state index in [4.69, 9.17) is 16.3 Å². The number of rotatable bonds is 5. The van der Waals surface area contributed by atoms with Gasteiger partial charge in [0.2, 0.25) is 10.0 Å². The predicted octanol–water partition coefficient (Wildman–Crippen LogP) is 3.70. The van der Waals surface area contributed by atoms with Crippen molar-refractivity contribution in [1.29, 1.82) is 0 Å². The number of aryl methyl sites for hydroxylation is 1. The topological polar surface area (TPSA) is 55.4 Å². The molecule has 0 saturated carbocycles. The van der Waals surface area contributed by atoms with Crippen LogP contribution < -0.4 is 9.46 Å². The Bertz CT molecular complexity index is 757. The molecule has 0 unspecified atom stereocenters. The summed E-state index contributed by atoms with van der Waals surface area (Å²) in [6.07, 6.45) is 0. The van der Waals surface area contributed by atoms with Crippen LogP contribution in [0.25, 0.3) is 0 Å². The third kappa shape index (κ3) is 3.80. The van der Waals surface area contributed by atoms with Gasteiger partial charge in [0, 0.05) is 11.1 Å². The third-order valence-corrected chi connectivity index (χ3v) is 5.17. The first kappa shape index (κ1) is 16.8. The third-order valence-electron chi connectivity index (χ3n) is 3.38. The zero-order valence-corrected chi connectivity index (χ0v) is 14.2. The maximum Gasteiger partial charge on any atom is 0.241 e. The highest BCUT2D eigenvalue weighted by atomic mass is 35.5. The van der Waals surface area contributed by atoms with E-state index in [2.05, 4.69) is 4.72 Å². The van der Waals surface area contributed by atoms with Gasteiger partial charge in [0.1, 0.15) is 5.75 Å². The first-order valence-electron chi connectivity index (χ1n) is 6.76. The number of halogens is 1. The lowest BCUT2D eigenvalue weighted by molar-refractivity contribution is 0.411. The van der Waals surface area contributed by atoms with Crippen molar-refractivity contribution in [3.8, 4) is 5.75 Å². The standard InChI is InChI=1S/C16H18ClNO3S/c1-11-10-15(8-9-16(11)21-3)22(19,20)18-12(2)13-4-6-14(17)7-5-13/h4-10,12,18H,1-3H3/t12-/m1/s1. The first-order chi connectivity index (χ1) is 10.3. The van der Waals surface area contributed by atoms with Gasteiger partial charge in [-0.25, -0.2) is 13.1 Å². The number of ether oxygens (including phenoxy) is 1. The molecule has 0 heterocycles. The van der Waals surface area contributed by atoms with Crippen LogP contribution in [0.3, 0.4) is 0 Å². The summed E-state index contributed by atoms with van der Waals surface area (Å²) in [5, 5.41) is 0.615. The Morgan fingerprint density at radius 2 is 1.77 bits per heavy atom. The van der Waals surface area contributed by atoms with Crippen LogP contribution in [0, 0.1) is 6.92 Å². The maximum absolute atomic E-state index is 12.5. The zero-order chi connectivity index (χ0) is 16.3. The highest BCUT2D eigenvalue weighted by molar-refractivity contribution is 7.89. The molecule has 118 valence electrons. The van der Waals surface area contributed by atoms with Gasteiger partial charge in [0.15, 0.2) is 0 Å². The Labute approximate surface area is 136 Å². The van der Waals surface area contributed by atoms with Gasteiger partial charge in [-0.3, -0.25) is 0 Å². The highest BCUT2D eigenvalue weighted by Crippen LogP contribution is 2.23. The minimum Gasteiger partial charge on any atom is -0.496 e. The summed E-state index contributed by atoms with van der Waals surface area (Å²) >= 11 is 5.84. The molecule has 6 heteroatoms. The van der Waals surface area contributed by atoms with E-state index in [0.717, 1.165) is 11.1 Å². The quantitative estimate of drug-likeness (QED) is 0.903. The summed E-state index contributed by atoms with van der Waals surface area (Å²) in [6, 6.07) is 11.5. The first-order valence-corrected chi connectivity index (χ1v) is 8.62. The van der Waals surface area contributed by atoms with Crippen LogP contribution >= 0.6 is 11.6 Å². The highest BCUT2D eigenvalue weighted by Gasteiger charge is 2.19. The van der Waals surface area contributed by atoms with E-state index in [1.807, 2.05) is 0 Å². The second-order valence-corrected chi connectivity index (χ2v) is 7.18. The molecule has 0 aromatic heterocycles. The van der Waals surface area contributed by atoms with Gasteiger partial charge in [0.05, 0.1) is 12.0 Å². The molecule has 0 saturated heterocycles. The van der Waals surface area contributed by atoms with Crippen LogP contribution in [0.4, 0.5) is 0 Å². The average molecular weight is 340 g/mol. The number of methoxy groups -OCH3 is 1. The number of sulfonamides is 1. The molecule has 0 aliphatic heterocycles. The van der Waals surface area contributed by atoms with E-state index < -0.39 is 10.0 Å². The van der Waals surface area contributed by atoms with E-state index in [0.29, 0.717) is 10.8 Å². The molecule has 0 aliphatic rings. The monoisotopic (exact) mass is 339 g/mol. The number of nitrogens with one attached hydrogen (secondary N) is 1. The van der Waals surface area contributed by atoms with Crippen LogP contribution in [0.5, 0.6) is 5.75 Å². The van der Waals surface area contributed by atoms with Crippen LogP contribution in [0.2, 0.25) is 5.02 Å². The van der Waals surface area contributed by atoms with Crippen LogP contribution in [-0.4, -0.2) is 15.5 Å². The zero-order valence-electron chi connectivity index (χ0n) is 12.6. The number of hydrogen-bond acceptors (Lipinski definition) is 3. The fraction of sp³-hybridized carbons (Fsp3) is 0.250. The van der Waals surface area contributed by atoms with Gasteiger partial charge in [-0.1, -0.05) is 23.7 Å². The van der Waals surface area contributed by atoms with Gasteiger partial charge in [0.25, 0.3) is 0 Å². The van der Waals surface area contributed by atoms with Crippen molar-refractivity contribution in [2.45, 2.75) is 24.8 Å². The van der Waals surface area contributed by atoms with E-state index >= 15 is 0 Å².